The molecule has 0 aliphatic heterocycles. The maximum absolute atomic E-state index is 12.2. The SMILES string of the molecule is CCCCCS(=O)(=O)CC(=O)NC1CCC(C)(C)c2ccccc21. The van der Waals surface area contributed by atoms with E-state index in [9.17, 15) is 13.2 Å². The Morgan fingerprint density at radius 1 is 1.25 bits per heavy atom. The molecule has 1 atom stereocenters. The number of fused-ring (bicyclic) bond motifs is 1. The summed E-state index contributed by atoms with van der Waals surface area (Å²) in [6, 6.07) is 8.04. The Hall–Kier alpha value is -1.36. The summed E-state index contributed by atoms with van der Waals surface area (Å²) in [7, 11) is -3.32. The quantitative estimate of drug-likeness (QED) is 0.765. The molecule has 24 heavy (non-hydrogen) atoms. The summed E-state index contributed by atoms with van der Waals surface area (Å²) in [5.74, 6) is -0.688. The van der Waals surface area contributed by atoms with Gasteiger partial charge in [-0.25, -0.2) is 8.42 Å². The summed E-state index contributed by atoms with van der Waals surface area (Å²) in [4.78, 5) is 12.2. The molecule has 1 aromatic rings. The van der Waals surface area contributed by atoms with Gasteiger partial charge in [-0.1, -0.05) is 57.9 Å². The van der Waals surface area contributed by atoms with Gasteiger partial charge < -0.3 is 5.32 Å². The Kier molecular flexibility index (Phi) is 6.07. The lowest BCUT2D eigenvalue weighted by atomic mass is 9.71. The zero-order valence-electron chi connectivity index (χ0n) is 15.0. The van der Waals surface area contributed by atoms with Crippen LogP contribution in [0.5, 0.6) is 0 Å². The van der Waals surface area contributed by atoms with Gasteiger partial charge in [-0.05, 0) is 35.8 Å². The van der Waals surface area contributed by atoms with E-state index in [0.717, 1.165) is 31.2 Å². The molecule has 4 nitrogen and oxygen atoms in total. The van der Waals surface area contributed by atoms with Gasteiger partial charge in [-0.2, -0.15) is 0 Å². The highest BCUT2D eigenvalue weighted by Gasteiger charge is 2.33. The fourth-order valence-corrected chi connectivity index (χ4v) is 4.71. The maximum atomic E-state index is 12.2. The molecule has 134 valence electrons. The second-order valence-electron chi connectivity index (χ2n) is 7.43. The molecule has 0 aromatic heterocycles. The van der Waals surface area contributed by atoms with E-state index in [4.69, 9.17) is 0 Å². The van der Waals surface area contributed by atoms with Crippen LogP contribution in [0.4, 0.5) is 0 Å². The molecule has 0 bridgehead atoms. The van der Waals surface area contributed by atoms with Crippen LogP contribution >= 0.6 is 0 Å². The van der Waals surface area contributed by atoms with Crippen LogP contribution in [0, 0.1) is 0 Å². The van der Waals surface area contributed by atoms with Gasteiger partial charge in [0, 0.05) is 0 Å². The number of hydrogen-bond donors (Lipinski definition) is 1. The lowest BCUT2D eigenvalue weighted by molar-refractivity contribution is -0.119. The van der Waals surface area contributed by atoms with Crippen molar-refractivity contribution in [2.45, 2.75) is 64.3 Å². The molecular weight excluding hydrogens is 322 g/mol. The largest absolute Gasteiger partial charge is 0.348 e. The fraction of sp³-hybridized carbons (Fsp3) is 0.632. The number of carbonyl (C=O) groups excluding carboxylic acids is 1. The molecule has 0 saturated heterocycles. The maximum Gasteiger partial charge on any atom is 0.235 e. The highest BCUT2D eigenvalue weighted by atomic mass is 32.2. The van der Waals surface area contributed by atoms with Gasteiger partial charge in [0.15, 0.2) is 9.84 Å². The van der Waals surface area contributed by atoms with E-state index in [-0.39, 0.29) is 23.1 Å². The minimum Gasteiger partial charge on any atom is -0.348 e. The van der Waals surface area contributed by atoms with Crippen molar-refractivity contribution in [2.75, 3.05) is 11.5 Å². The standard InChI is InChI=1S/C19H29NO3S/c1-4-5-8-13-24(22,23)14-18(21)20-17-11-12-19(2,3)16-10-7-6-9-15(16)17/h6-7,9-10,17H,4-5,8,11-14H2,1-3H3,(H,20,21). The number of amides is 1. The van der Waals surface area contributed by atoms with Crippen molar-refractivity contribution in [3.05, 3.63) is 35.4 Å². The van der Waals surface area contributed by atoms with Gasteiger partial charge in [0.2, 0.25) is 5.91 Å². The van der Waals surface area contributed by atoms with Crippen LogP contribution in [0.2, 0.25) is 0 Å². The number of nitrogens with one attached hydrogen (secondary N) is 1. The Balaban J connectivity index is 2.02. The molecule has 5 heteroatoms. The normalized spacial score (nSPS) is 19.5. The van der Waals surface area contributed by atoms with Gasteiger partial charge in [-0.15, -0.1) is 0 Å². The predicted molar refractivity (Wildman–Crippen MR) is 97.8 cm³/mol. The predicted octanol–water partition coefficient (Wildman–Crippen LogP) is 3.52. The van der Waals surface area contributed by atoms with Crippen LogP contribution in [0.1, 0.15) is 70.0 Å². The zero-order valence-corrected chi connectivity index (χ0v) is 15.8. The molecule has 2 rings (SSSR count). The number of hydrogen-bond acceptors (Lipinski definition) is 3. The second-order valence-corrected chi connectivity index (χ2v) is 9.61. The Morgan fingerprint density at radius 2 is 1.96 bits per heavy atom. The third-order valence-corrected chi connectivity index (χ3v) is 6.48. The Bertz CT molecular complexity index is 680. The Morgan fingerprint density at radius 3 is 2.67 bits per heavy atom. The van der Waals surface area contributed by atoms with Crippen LogP contribution in [-0.2, 0) is 20.0 Å². The van der Waals surface area contributed by atoms with Gasteiger partial charge in [0.05, 0.1) is 11.8 Å². The first-order valence-corrected chi connectivity index (χ1v) is 10.7. The summed E-state index contributed by atoms with van der Waals surface area (Å²) in [6.45, 7) is 6.45. The highest BCUT2D eigenvalue weighted by molar-refractivity contribution is 7.92. The first-order chi connectivity index (χ1) is 11.2. The molecule has 1 unspecified atom stereocenters. The third kappa shape index (κ3) is 4.82. The minimum absolute atomic E-state index is 0.0874. The van der Waals surface area contributed by atoms with E-state index < -0.39 is 15.6 Å². The van der Waals surface area contributed by atoms with Gasteiger partial charge in [0.25, 0.3) is 0 Å². The molecule has 1 N–H and O–H groups in total. The van der Waals surface area contributed by atoms with E-state index in [1.54, 1.807) is 0 Å². The lowest BCUT2D eigenvalue weighted by Gasteiger charge is -2.37. The number of rotatable bonds is 7. The third-order valence-electron chi connectivity index (χ3n) is 4.87. The number of benzene rings is 1. The fourth-order valence-electron chi connectivity index (χ4n) is 3.44. The Labute approximate surface area is 146 Å². The van der Waals surface area contributed by atoms with Crippen molar-refractivity contribution < 1.29 is 13.2 Å². The van der Waals surface area contributed by atoms with E-state index in [1.807, 2.05) is 25.1 Å². The van der Waals surface area contributed by atoms with Gasteiger partial charge in [-0.3, -0.25) is 4.79 Å². The first kappa shape index (κ1) is 19.0. The average molecular weight is 352 g/mol. The van der Waals surface area contributed by atoms with Crippen LogP contribution < -0.4 is 5.32 Å². The molecule has 1 aliphatic rings. The summed E-state index contributed by atoms with van der Waals surface area (Å²) in [6.07, 6.45) is 4.29. The average Bonchev–Trinajstić information content (AvgIpc) is 2.50. The van der Waals surface area contributed by atoms with E-state index >= 15 is 0 Å². The van der Waals surface area contributed by atoms with Crippen molar-refractivity contribution in [3.63, 3.8) is 0 Å². The lowest BCUT2D eigenvalue weighted by Crippen LogP contribution is -2.38. The smallest absolute Gasteiger partial charge is 0.235 e. The van der Waals surface area contributed by atoms with Crippen molar-refractivity contribution in [2.24, 2.45) is 0 Å². The van der Waals surface area contributed by atoms with Crippen molar-refractivity contribution in [3.8, 4) is 0 Å². The molecule has 1 aromatic carbocycles. The molecule has 1 aliphatic carbocycles. The highest BCUT2D eigenvalue weighted by Crippen LogP contribution is 2.41. The summed E-state index contributed by atoms with van der Waals surface area (Å²) >= 11 is 0. The summed E-state index contributed by atoms with van der Waals surface area (Å²) in [5, 5.41) is 2.94. The molecular formula is C19H29NO3S. The number of carbonyl (C=O) groups is 1. The molecule has 0 fully saturated rings. The topological polar surface area (TPSA) is 63.2 Å². The summed E-state index contributed by atoms with van der Waals surface area (Å²) in [5.41, 5.74) is 2.45. The van der Waals surface area contributed by atoms with Crippen LogP contribution in [0.25, 0.3) is 0 Å². The molecule has 1 amide bonds. The molecule has 0 heterocycles. The number of unbranched alkanes of at least 4 members (excludes halogenated alkanes) is 2. The van der Waals surface area contributed by atoms with E-state index in [0.29, 0.717) is 6.42 Å². The monoisotopic (exact) mass is 351 g/mol. The van der Waals surface area contributed by atoms with Crippen molar-refractivity contribution in [1.82, 2.24) is 5.32 Å². The zero-order chi connectivity index (χ0) is 17.8. The van der Waals surface area contributed by atoms with Gasteiger partial charge in [0.1, 0.15) is 5.75 Å². The van der Waals surface area contributed by atoms with Crippen LogP contribution in [0.15, 0.2) is 24.3 Å². The number of sulfone groups is 1. The van der Waals surface area contributed by atoms with Crippen molar-refractivity contribution >= 4 is 15.7 Å². The second kappa shape index (κ2) is 7.68. The first-order valence-electron chi connectivity index (χ1n) is 8.84. The van der Waals surface area contributed by atoms with Crippen LogP contribution in [0.3, 0.4) is 0 Å². The van der Waals surface area contributed by atoms with Crippen molar-refractivity contribution in [1.29, 1.82) is 0 Å². The summed E-state index contributed by atoms with van der Waals surface area (Å²) < 4.78 is 24.1. The minimum atomic E-state index is -3.32. The molecule has 0 saturated carbocycles. The van der Waals surface area contributed by atoms with Crippen LogP contribution in [-0.4, -0.2) is 25.8 Å². The molecule has 0 radical (unpaired) electrons. The molecule has 0 spiro atoms. The van der Waals surface area contributed by atoms with E-state index in [1.165, 1.54) is 5.56 Å². The van der Waals surface area contributed by atoms with Gasteiger partial charge >= 0.3 is 0 Å². The van der Waals surface area contributed by atoms with E-state index in [2.05, 4.69) is 25.2 Å².